The highest BCUT2D eigenvalue weighted by atomic mass is 16.1. The van der Waals surface area contributed by atoms with Gasteiger partial charge >= 0.3 is 0 Å². The Hall–Kier alpha value is -3.87. The van der Waals surface area contributed by atoms with Crippen LogP contribution in [0.25, 0.3) is 10.9 Å². The van der Waals surface area contributed by atoms with E-state index in [1.807, 2.05) is 78.4 Å². The Balaban J connectivity index is 1.40. The van der Waals surface area contributed by atoms with Crippen molar-refractivity contribution in [1.29, 1.82) is 0 Å². The molecule has 7 nitrogen and oxygen atoms in total. The average molecular weight is 429 g/mol. The Labute approximate surface area is 188 Å². The molecule has 4 aromatic rings. The van der Waals surface area contributed by atoms with Gasteiger partial charge in [-0.3, -0.25) is 4.79 Å². The summed E-state index contributed by atoms with van der Waals surface area (Å²) < 4.78 is 1.95. The zero-order valence-corrected chi connectivity index (χ0v) is 18.7. The molecule has 7 heteroatoms. The van der Waals surface area contributed by atoms with Gasteiger partial charge < -0.3 is 20.1 Å². The van der Waals surface area contributed by atoms with Crippen LogP contribution in [-0.4, -0.2) is 33.5 Å². The van der Waals surface area contributed by atoms with Crippen molar-refractivity contribution in [3.8, 4) is 0 Å². The maximum absolute atomic E-state index is 12.5. The van der Waals surface area contributed by atoms with Gasteiger partial charge in [-0.25, -0.2) is 4.98 Å². The van der Waals surface area contributed by atoms with Crippen LogP contribution >= 0.6 is 0 Å². The summed E-state index contributed by atoms with van der Waals surface area (Å²) in [7, 11) is 0. The standard InChI is InChI=1S/C25H28N6O/c1-4-30(5-2)23-16-18(3)26-25(29-23)28-21-12-10-20(11-13-21)27-24(32)17-31-15-14-19-8-6-7-9-22(19)31/h6-16H,4-5,17H2,1-3H3,(H,27,32)(H,26,28,29). The Morgan fingerprint density at radius 3 is 2.44 bits per heavy atom. The molecule has 1 amide bonds. The van der Waals surface area contributed by atoms with E-state index < -0.39 is 0 Å². The minimum absolute atomic E-state index is 0.0713. The van der Waals surface area contributed by atoms with E-state index in [4.69, 9.17) is 0 Å². The number of aryl methyl sites for hydroxylation is 1. The number of nitrogens with one attached hydrogen (secondary N) is 2. The van der Waals surface area contributed by atoms with Gasteiger partial charge in [0.1, 0.15) is 12.4 Å². The van der Waals surface area contributed by atoms with E-state index in [2.05, 4.69) is 39.3 Å². The van der Waals surface area contributed by atoms with Gasteiger partial charge in [0.05, 0.1) is 0 Å². The molecular weight excluding hydrogens is 400 g/mol. The molecule has 0 aliphatic rings. The summed E-state index contributed by atoms with van der Waals surface area (Å²) in [5.41, 5.74) is 3.55. The largest absolute Gasteiger partial charge is 0.357 e. The first kappa shape index (κ1) is 21.4. The normalized spacial score (nSPS) is 10.8. The molecule has 32 heavy (non-hydrogen) atoms. The maximum atomic E-state index is 12.5. The Kier molecular flexibility index (Phi) is 6.35. The van der Waals surface area contributed by atoms with Crippen LogP contribution in [0.2, 0.25) is 0 Å². The van der Waals surface area contributed by atoms with Crippen LogP contribution in [0.5, 0.6) is 0 Å². The number of nitrogens with zero attached hydrogens (tertiary/aromatic N) is 4. The van der Waals surface area contributed by atoms with Crippen LogP contribution in [0.15, 0.2) is 66.9 Å². The van der Waals surface area contributed by atoms with E-state index in [1.54, 1.807) is 0 Å². The van der Waals surface area contributed by atoms with Gasteiger partial charge in [0.2, 0.25) is 11.9 Å². The maximum Gasteiger partial charge on any atom is 0.244 e. The number of hydrogen-bond donors (Lipinski definition) is 2. The molecule has 2 heterocycles. The molecule has 0 aliphatic heterocycles. The zero-order valence-electron chi connectivity index (χ0n) is 18.7. The number of benzene rings is 2. The van der Waals surface area contributed by atoms with Crippen LogP contribution in [0.3, 0.4) is 0 Å². The van der Waals surface area contributed by atoms with Gasteiger partial charge in [-0.05, 0) is 62.6 Å². The average Bonchev–Trinajstić information content (AvgIpc) is 3.18. The number of aromatic nitrogens is 3. The molecule has 2 aromatic heterocycles. The highest BCUT2D eigenvalue weighted by molar-refractivity contribution is 5.92. The molecular formula is C25H28N6O. The van der Waals surface area contributed by atoms with Crippen molar-refractivity contribution < 1.29 is 4.79 Å². The van der Waals surface area contributed by atoms with Crippen molar-refractivity contribution in [3.63, 3.8) is 0 Å². The molecule has 4 rings (SSSR count). The summed E-state index contributed by atoms with van der Waals surface area (Å²) in [6, 6.07) is 19.6. The van der Waals surface area contributed by atoms with Crippen LogP contribution in [0.1, 0.15) is 19.5 Å². The van der Waals surface area contributed by atoms with Crippen LogP contribution in [0.4, 0.5) is 23.1 Å². The molecule has 0 radical (unpaired) electrons. The molecule has 2 N–H and O–H groups in total. The second-order valence-corrected chi connectivity index (χ2v) is 7.62. The molecule has 2 aromatic carbocycles. The van der Waals surface area contributed by atoms with Gasteiger partial charge in [0.25, 0.3) is 0 Å². The summed E-state index contributed by atoms with van der Waals surface area (Å²) in [5, 5.41) is 7.34. The number of amides is 1. The Morgan fingerprint density at radius 1 is 0.969 bits per heavy atom. The third kappa shape index (κ3) is 4.88. The Morgan fingerprint density at radius 2 is 1.69 bits per heavy atom. The van der Waals surface area contributed by atoms with Crippen molar-refractivity contribution in [2.24, 2.45) is 0 Å². The summed E-state index contributed by atoms with van der Waals surface area (Å²) >= 11 is 0. The minimum atomic E-state index is -0.0713. The summed E-state index contributed by atoms with van der Waals surface area (Å²) in [4.78, 5) is 23.8. The molecule has 0 fully saturated rings. The molecule has 164 valence electrons. The fourth-order valence-corrected chi connectivity index (χ4v) is 3.72. The number of carbonyl (C=O) groups excluding carboxylic acids is 1. The second kappa shape index (κ2) is 9.51. The smallest absolute Gasteiger partial charge is 0.244 e. The first-order valence-electron chi connectivity index (χ1n) is 10.9. The van der Waals surface area contributed by atoms with E-state index in [-0.39, 0.29) is 12.5 Å². The summed E-state index contributed by atoms with van der Waals surface area (Å²) in [6.45, 7) is 8.23. The number of fused-ring (bicyclic) bond motifs is 1. The van der Waals surface area contributed by atoms with Crippen molar-refractivity contribution in [3.05, 3.63) is 72.6 Å². The quantitative estimate of drug-likeness (QED) is 0.415. The predicted octanol–water partition coefficient (Wildman–Crippen LogP) is 4.97. The lowest BCUT2D eigenvalue weighted by Crippen LogP contribution is -2.23. The summed E-state index contributed by atoms with van der Waals surface area (Å²) in [6.07, 6.45) is 1.94. The fourth-order valence-electron chi connectivity index (χ4n) is 3.72. The van der Waals surface area contributed by atoms with Crippen molar-refractivity contribution in [2.45, 2.75) is 27.3 Å². The molecule has 0 saturated heterocycles. The molecule has 0 bridgehead atoms. The SMILES string of the molecule is CCN(CC)c1cc(C)nc(Nc2ccc(NC(=O)Cn3ccc4ccccc43)cc2)n1. The van der Waals surface area contributed by atoms with E-state index >= 15 is 0 Å². The zero-order chi connectivity index (χ0) is 22.5. The second-order valence-electron chi connectivity index (χ2n) is 7.62. The van der Waals surface area contributed by atoms with E-state index in [1.165, 1.54) is 0 Å². The first-order chi connectivity index (χ1) is 15.6. The number of hydrogen-bond acceptors (Lipinski definition) is 5. The van der Waals surface area contributed by atoms with E-state index in [9.17, 15) is 4.79 Å². The lowest BCUT2D eigenvalue weighted by atomic mass is 10.2. The molecule has 0 unspecified atom stereocenters. The third-order valence-electron chi connectivity index (χ3n) is 5.35. The Bertz CT molecular complexity index is 1210. The van der Waals surface area contributed by atoms with Crippen molar-refractivity contribution in [1.82, 2.24) is 14.5 Å². The molecule has 0 saturated carbocycles. The topological polar surface area (TPSA) is 75.1 Å². The predicted molar refractivity (Wildman–Crippen MR) is 131 cm³/mol. The van der Waals surface area contributed by atoms with E-state index in [0.717, 1.165) is 46.9 Å². The van der Waals surface area contributed by atoms with Gasteiger partial charge in [-0.15, -0.1) is 0 Å². The van der Waals surface area contributed by atoms with E-state index in [0.29, 0.717) is 5.95 Å². The van der Waals surface area contributed by atoms with Crippen LogP contribution < -0.4 is 15.5 Å². The molecule has 0 atom stereocenters. The third-order valence-corrected chi connectivity index (χ3v) is 5.35. The van der Waals surface area contributed by atoms with Gasteiger partial charge in [0, 0.05) is 47.9 Å². The monoisotopic (exact) mass is 428 g/mol. The lowest BCUT2D eigenvalue weighted by Gasteiger charge is -2.20. The fraction of sp³-hybridized carbons (Fsp3) is 0.240. The highest BCUT2D eigenvalue weighted by Gasteiger charge is 2.09. The summed E-state index contributed by atoms with van der Waals surface area (Å²) in [5.74, 6) is 1.40. The van der Waals surface area contributed by atoms with Crippen molar-refractivity contribution in [2.75, 3.05) is 28.6 Å². The number of para-hydroxylation sites is 1. The lowest BCUT2D eigenvalue weighted by molar-refractivity contribution is -0.116. The molecule has 0 spiro atoms. The number of anilines is 4. The van der Waals surface area contributed by atoms with Gasteiger partial charge in [-0.2, -0.15) is 4.98 Å². The minimum Gasteiger partial charge on any atom is -0.357 e. The van der Waals surface area contributed by atoms with Crippen molar-refractivity contribution >= 4 is 40.0 Å². The van der Waals surface area contributed by atoms with Crippen LogP contribution in [-0.2, 0) is 11.3 Å². The highest BCUT2D eigenvalue weighted by Crippen LogP contribution is 2.20. The van der Waals surface area contributed by atoms with Gasteiger partial charge in [-0.1, -0.05) is 18.2 Å². The molecule has 0 aliphatic carbocycles. The number of carbonyl (C=O) groups is 1. The first-order valence-corrected chi connectivity index (χ1v) is 10.9. The van der Waals surface area contributed by atoms with Gasteiger partial charge in [0.15, 0.2) is 0 Å². The number of rotatable bonds is 8. The van der Waals surface area contributed by atoms with Crippen LogP contribution in [0, 0.1) is 6.92 Å².